The number of hydrogen-bond acceptors (Lipinski definition) is 8. The summed E-state index contributed by atoms with van der Waals surface area (Å²) in [6.45, 7) is 0. The number of aromatic nitrogens is 6. The number of benzene rings is 2. The first-order chi connectivity index (χ1) is 13.7. The van der Waals surface area contributed by atoms with Crippen LogP contribution in [0, 0.1) is 5.82 Å². The fourth-order valence-electron chi connectivity index (χ4n) is 2.47. The minimum absolute atomic E-state index is 0.111. The Hall–Kier alpha value is -3.53. The molecule has 2 heterocycles. The van der Waals surface area contributed by atoms with Crippen molar-refractivity contribution < 1.29 is 4.39 Å². The van der Waals surface area contributed by atoms with Gasteiger partial charge in [-0.05, 0) is 24.3 Å². The summed E-state index contributed by atoms with van der Waals surface area (Å²) in [7, 11) is 0. The summed E-state index contributed by atoms with van der Waals surface area (Å²) in [6, 6.07) is 15.9. The molecular weight excluding hydrogens is 379 g/mol. The van der Waals surface area contributed by atoms with E-state index < -0.39 is 0 Å². The quantitative estimate of drug-likeness (QED) is 0.480. The molecule has 8 nitrogen and oxygen atoms in total. The fraction of sp³-hybridized carbons (Fsp3) is 0.0556. The Balaban J connectivity index is 1.52. The number of nitrogens with one attached hydrogen (secondary N) is 1. The van der Waals surface area contributed by atoms with Crippen molar-refractivity contribution in [1.82, 2.24) is 29.7 Å². The van der Waals surface area contributed by atoms with E-state index in [1.165, 1.54) is 24.2 Å². The second-order valence-corrected chi connectivity index (χ2v) is 6.59. The van der Waals surface area contributed by atoms with Crippen molar-refractivity contribution in [3.63, 3.8) is 0 Å². The lowest BCUT2D eigenvalue weighted by atomic mass is 10.3. The smallest absolute Gasteiger partial charge is 0.232 e. The zero-order chi connectivity index (χ0) is 19.3. The van der Waals surface area contributed by atoms with Gasteiger partial charge in [0.1, 0.15) is 18.0 Å². The SMILES string of the molecule is Nc1nc(CSc2nncn2-c2ccccc2F)nc(Nc2ccccc2)n1. The molecule has 0 spiro atoms. The molecule has 4 aromatic rings. The van der Waals surface area contributed by atoms with Gasteiger partial charge in [0.05, 0.1) is 11.4 Å². The van der Waals surface area contributed by atoms with Crippen LogP contribution < -0.4 is 11.1 Å². The van der Waals surface area contributed by atoms with Crippen LogP contribution in [0.5, 0.6) is 0 Å². The second kappa shape index (κ2) is 8.01. The Labute approximate surface area is 164 Å². The van der Waals surface area contributed by atoms with E-state index in [2.05, 4.69) is 30.5 Å². The van der Waals surface area contributed by atoms with Crippen LogP contribution in [0.15, 0.2) is 66.1 Å². The lowest BCUT2D eigenvalue weighted by Gasteiger charge is -2.08. The van der Waals surface area contributed by atoms with Crippen LogP contribution in [0.1, 0.15) is 5.82 Å². The Bertz CT molecular complexity index is 1090. The van der Waals surface area contributed by atoms with E-state index in [4.69, 9.17) is 5.73 Å². The highest BCUT2D eigenvalue weighted by atomic mass is 32.2. The van der Waals surface area contributed by atoms with Crippen LogP contribution in [0.2, 0.25) is 0 Å². The van der Waals surface area contributed by atoms with Gasteiger partial charge in [0.15, 0.2) is 5.16 Å². The Kier molecular flexibility index (Phi) is 5.11. The van der Waals surface area contributed by atoms with E-state index in [-0.39, 0.29) is 11.8 Å². The molecule has 0 saturated carbocycles. The average Bonchev–Trinajstić information content (AvgIpc) is 3.15. The molecule has 0 amide bonds. The molecule has 140 valence electrons. The van der Waals surface area contributed by atoms with Gasteiger partial charge in [-0.1, -0.05) is 42.1 Å². The molecule has 0 unspecified atom stereocenters. The van der Waals surface area contributed by atoms with E-state index in [1.54, 1.807) is 22.8 Å². The normalized spacial score (nSPS) is 10.8. The highest BCUT2D eigenvalue weighted by molar-refractivity contribution is 7.98. The molecule has 28 heavy (non-hydrogen) atoms. The number of hydrogen-bond donors (Lipinski definition) is 2. The van der Waals surface area contributed by atoms with Crippen LogP contribution >= 0.6 is 11.8 Å². The average molecular weight is 394 g/mol. The van der Waals surface area contributed by atoms with Crippen molar-refractivity contribution in [3.8, 4) is 5.69 Å². The third kappa shape index (κ3) is 4.07. The van der Waals surface area contributed by atoms with Crippen molar-refractivity contribution in [2.45, 2.75) is 10.9 Å². The van der Waals surface area contributed by atoms with E-state index in [0.29, 0.717) is 28.4 Å². The van der Waals surface area contributed by atoms with Gasteiger partial charge in [0.25, 0.3) is 0 Å². The van der Waals surface area contributed by atoms with Crippen molar-refractivity contribution in [2.75, 3.05) is 11.1 Å². The number of anilines is 3. The molecule has 0 aliphatic carbocycles. The predicted molar refractivity (Wildman–Crippen MR) is 105 cm³/mol. The molecule has 4 rings (SSSR count). The largest absolute Gasteiger partial charge is 0.368 e. The van der Waals surface area contributed by atoms with Gasteiger partial charge >= 0.3 is 0 Å². The summed E-state index contributed by atoms with van der Waals surface area (Å²) in [5, 5.41) is 11.5. The van der Waals surface area contributed by atoms with Gasteiger partial charge in [-0.3, -0.25) is 4.57 Å². The van der Waals surface area contributed by atoms with Crippen LogP contribution in [0.4, 0.5) is 22.0 Å². The number of nitrogen functional groups attached to an aromatic ring is 1. The van der Waals surface area contributed by atoms with Crippen LogP contribution in [0.3, 0.4) is 0 Å². The van der Waals surface area contributed by atoms with Crippen molar-refractivity contribution in [2.24, 2.45) is 0 Å². The van der Waals surface area contributed by atoms with Gasteiger partial charge in [-0.2, -0.15) is 15.0 Å². The molecule has 2 aromatic carbocycles. The maximum atomic E-state index is 14.1. The van der Waals surface area contributed by atoms with Crippen molar-refractivity contribution >= 4 is 29.3 Å². The molecule has 0 saturated heterocycles. The first-order valence-corrected chi connectivity index (χ1v) is 9.28. The molecule has 10 heteroatoms. The number of nitrogens with zero attached hydrogens (tertiary/aromatic N) is 6. The van der Waals surface area contributed by atoms with Crippen molar-refractivity contribution in [3.05, 3.63) is 72.6 Å². The van der Waals surface area contributed by atoms with E-state index in [1.807, 2.05) is 30.3 Å². The van der Waals surface area contributed by atoms with E-state index in [0.717, 1.165) is 5.69 Å². The van der Waals surface area contributed by atoms with Gasteiger partial charge in [-0.15, -0.1) is 10.2 Å². The molecule has 0 bridgehead atoms. The van der Waals surface area contributed by atoms with E-state index >= 15 is 0 Å². The summed E-state index contributed by atoms with van der Waals surface area (Å²) < 4.78 is 15.6. The van der Waals surface area contributed by atoms with E-state index in [9.17, 15) is 4.39 Å². The summed E-state index contributed by atoms with van der Waals surface area (Å²) in [5.41, 5.74) is 7.02. The molecule has 0 radical (unpaired) electrons. The summed E-state index contributed by atoms with van der Waals surface area (Å²) in [4.78, 5) is 12.6. The van der Waals surface area contributed by atoms with Gasteiger partial charge in [0.2, 0.25) is 11.9 Å². The third-order valence-corrected chi connectivity index (χ3v) is 4.63. The lowest BCUT2D eigenvalue weighted by molar-refractivity contribution is 0.613. The second-order valence-electron chi connectivity index (χ2n) is 5.65. The molecule has 0 fully saturated rings. The maximum Gasteiger partial charge on any atom is 0.232 e. The zero-order valence-corrected chi connectivity index (χ0v) is 15.3. The highest BCUT2D eigenvalue weighted by Gasteiger charge is 2.12. The zero-order valence-electron chi connectivity index (χ0n) is 14.5. The maximum absolute atomic E-state index is 14.1. The van der Waals surface area contributed by atoms with Crippen LogP contribution in [0.25, 0.3) is 5.69 Å². The lowest BCUT2D eigenvalue weighted by Crippen LogP contribution is -2.07. The molecule has 0 aliphatic rings. The predicted octanol–water partition coefficient (Wildman–Crippen LogP) is 3.21. The molecule has 3 N–H and O–H groups in total. The number of halogens is 1. The molecule has 0 atom stereocenters. The fourth-order valence-corrected chi connectivity index (χ4v) is 3.25. The summed E-state index contributed by atoms with van der Waals surface area (Å²) in [6.07, 6.45) is 1.46. The standard InChI is InChI=1S/C18H15FN8S/c19-13-8-4-5-9-14(13)27-11-21-26-18(27)28-10-15-23-16(20)25-17(24-15)22-12-6-2-1-3-7-12/h1-9,11H,10H2,(H3,20,22,23,24,25). The highest BCUT2D eigenvalue weighted by Crippen LogP contribution is 2.24. The van der Waals surface area contributed by atoms with Gasteiger partial charge in [-0.25, -0.2) is 4.39 Å². The Morgan fingerprint density at radius 3 is 2.61 bits per heavy atom. The van der Waals surface area contributed by atoms with Crippen LogP contribution in [-0.4, -0.2) is 29.7 Å². The minimum atomic E-state index is -0.358. The number of thioether (sulfide) groups is 1. The third-order valence-electron chi connectivity index (χ3n) is 3.69. The number of nitrogens with two attached hydrogens (primary N) is 1. The Morgan fingerprint density at radius 2 is 1.79 bits per heavy atom. The van der Waals surface area contributed by atoms with Gasteiger partial charge < -0.3 is 11.1 Å². The van der Waals surface area contributed by atoms with Crippen LogP contribution in [-0.2, 0) is 5.75 Å². The minimum Gasteiger partial charge on any atom is -0.368 e. The molecular formula is C18H15FN8S. The molecule has 0 aliphatic heterocycles. The first kappa shape index (κ1) is 17.9. The molecule has 2 aromatic heterocycles. The first-order valence-electron chi connectivity index (χ1n) is 8.29. The monoisotopic (exact) mass is 394 g/mol. The number of rotatable bonds is 6. The summed E-state index contributed by atoms with van der Waals surface area (Å²) in [5.74, 6) is 0.940. The Morgan fingerprint density at radius 1 is 1.00 bits per heavy atom. The topological polar surface area (TPSA) is 107 Å². The summed E-state index contributed by atoms with van der Waals surface area (Å²) >= 11 is 1.32. The number of para-hydroxylation sites is 2. The van der Waals surface area contributed by atoms with Gasteiger partial charge in [0, 0.05) is 5.69 Å². The van der Waals surface area contributed by atoms with Crippen molar-refractivity contribution in [1.29, 1.82) is 0 Å².